The maximum atomic E-state index is 13.3. The molecule has 3 rings (SSSR count). The Kier molecular flexibility index (Phi) is 3.89. The van der Waals surface area contributed by atoms with E-state index in [1.807, 2.05) is 0 Å². The van der Waals surface area contributed by atoms with Crippen LogP contribution in [0, 0.1) is 11.6 Å². The van der Waals surface area contributed by atoms with Crippen LogP contribution in [0.2, 0.25) is 0 Å². The maximum absolute atomic E-state index is 13.3. The third-order valence-corrected chi connectivity index (χ3v) is 3.19. The van der Waals surface area contributed by atoms with Gasteiger partial charge in [-0.15, -0.1) is 0 Å². The van der Waals surface area contributed by atoms with E-state index in [9.17, 15) is 13.6 Å². The van der Waals surface area contributed by atoms with Gasteiger partial charge in [0.25, 0.3) is 0 Å². The van der Waals surface area contributed by atoms with E-state index < -0.39 is 17.6 Å². The van der Waals surface area contributed by atoms with Gasteiger partial charge in [0.15, 0.2) is 17.2 Å². The summed E-state index contributed by atoms with van der Waals surface area (Å²) in [5.74, 6) is -2.92. The average molecular weight is 315 g/mol. The van der Waals surface area contributed by atoms with Crippen LogP contribution in [-0.2, 0) is 4.79 Å². The molecule has 2 aromatic carbocycles. The van der Waals surface area contributed by atoms with Gasteiger partial charge >= 0.3 is 5.97 Å². The molecular formula is C17H11F2NO3. The van der Waals surface area contributed by atoms with Gasteiger partial charge in [0.05, 0.1) is 6.42 Å². The number of halogens is 2. The third kappa shape index (κ3) is 3.26. The number of benzene rings is 2. The second-order valence-corrected chi connectivity index (χ2v) is 4.90. The highest BCUT2D eigenvalue weighted by atomic mass is 19.2. The summed E-state index contributed by atoms with van der Waals surface area (Å²) in [6, 6.07) is 10.3. The molecule has 0 bridgehead atoms. The van der Waals surface area contributed by atoms with Gasteiger partial charge in [-0.05, 0) is 35.9 Å². The van der Waals surface area contributed by atoms with Crippen LogP contribution in [0.3, 0.4) is 0 Å². The molecule has 0 fully saturated rings. The molecule has 1 aromatic heterocycles. The summed E-state index contributed by atoms with van der Waals surface area (Å²) in [7, 11) is 0. The molecule has 3 aromatic rings. The maximum Gasteiger partial charge on any atom is 0.308 e. The van der Waals surface area contributed by atoms with E-state index in [0.29, 0.717) is 16.7 Å². The van der Waals surface area contributed by atoms with Crippen molar-refractivity contribution in [2.45, 2.75) is 6.42 Å². The highest BCUT2D eigenvalue weighted by Gasteiger charge is 2.14. The molecule has 0 aliphatic carbocycles. The number of fused-ring (bicyclic) bond motifs is 1. The van der Waals surface area contributed by atoms with Crippen molar-refractivity contribution in [3.63, 3.8) is 0 Å². The molecule has 0 saturated carbocycles. The number of rotatable bonds is 4. The van der Waals surface area contributed by atoms with E-state index >= 15 is 0 Å². The molecule has 0 unspecified atom stereocenters. The van der Waals surface area contributed by atoms with Crippen LogP contribution in [-0.4, -0.2) is 16.1 Å². The van der Waals surface area contributed by atoms with Crippen LogP contribution in [0.15, 0.2) is 46.9 Å². The lowest BCUT2D eigenvalue weighted by molar-refractivity contribution is -0.135. The van der Waals surface area contributed by atoms with Crippen molar-refractivity contribution in [3.05, 3.63) is 65.6 Å². The minimum Gasteiger partial charge on any atom is -0.481 e. The van der Waals surface area contributed by atoms with Crippen LogP contribution in [0.25, 0.3) is 22.7 Å². The quantitative estimate of drug-likeness (QED) is 0.786. The Balaban J connectivity index is 2.07. The number of nitrogens with zero attached hydrogens (tertiary/aromatic N) is 1. The summed E-state index contributed by atoms with van der Waals surface area (Å²) >= 11 is 0. The van der Waals surface area contributed by atoms with E-state index in [-0.39, 0.29) is 17.9 Å². The first-order chi connectivity index (χ1) is 11.0. The average Bonchev–Trinajstić information content (AvgIpc) is 2.94. The number of hydrogen-bond acceptors (Lipinski definition) is 3. The summed E-state index contributed by atoms with van der Waals surface area (Å²) < 4.78 is 31.8. The Morgan fingerprint density at radius 1 is 1.17 bits per heavy atom. The standard InChI is InChI=1S/C17H11F2NO3/c18-12-6-5-10(8-13(12)19)7-11(9-16(21)22)17-20-14-3-1-2-4-15(14)23-17/h1-8H,9H2,(H,21,22)/b11-7+. The Labute approximate surface area is 129 Å². The zero-order chi connectivity index (χ0) is 16.4. The van der Waals surface area contributed by atoms with Crippen molar-refractivity contribution in [3.8, 4) is 0 Å². The molecule has 0 aliphatic heterocycles. The molecule has 116 valence electrons. The summed E-state index contributed by atoms with van der Waals surface area (Å²) in [5.41, 5.74) is 1.69. The first kappa shape index (κ1) is 14.9. The fraction of sp³-hybridized carbons (Fsp3) is 0.0588. The van der Waals surface area contributed by atoms with Crippen LogP contribution in [0.5, 0.6) is 0 Å². The minimum atomic E-state index is -1.08. The zero-order valence-corrected chi connectivity index (χ0v) is 11.8. The minimum absolute atomic E-state index is 0.137. The Morgan fingerprint density at radius 3 is 2.65 bits per heavy atom. The molecule has 4 nitrogen and oxygen atoms in total. The van der Waals surface area contributed by atoms with Gasteiger partial charge < -0.3 is 9.52 Å². The smallest absolute Gasteiger partial charge is 0.308 e. The zero-order valence-electron chi connectivity index (χ0n) is 11.8. The van der Waals surface area contributed by atoms with E-state index in [1.54, 1.807) is 24.3 Å². The largest absolute Gasteiger partial charge is 0.481 e. The van der Waals surface area contributed by atoms with Gasteiger partial charge in [-0.2, -0.15) is 0 Å². The topological polar surface area (TPSA) is 63.3 Å². The highest BCUT2D eigenvalue weighted by Crippen LogP contribution is 2.25. The van der Waals surface area contributed by atoms with Gasteiger partial charge in [-0.25, -0.2) is 13.8 Å². The van der Waals surface area contributed by atoms with Crippen molar-refractivity contribution in [2.75, 3.05) is 0 Å². The van der Waals surface area contributed by atoms with Crippen molar-refractivity contribution in [1.29, 1.82) is 0 Å². The number of oxazole rings is 1. The summed E-state index contributed by atoms with van der Waals surface area (Å²) in [5, 5.41) is 9.05. The first-order valence-electron chi connectivity index (χ1n) is 6.76. The third-order valence-electron chi connectivity index (χ3n) is 3.19. The SMILES string of the molecule is O=C(O)C/C(=C\c1ccc(F)c(F)c1)c1nc2ccccc2o1. The van der Waals surface area contributed by atoms with E-state index in [1.165, 1.54) is 12.1 Å². The highest BCUT2D eigenvalue weighted by molar-refractivity contribution is 5.90. The van der Waals surface area contributed by atoms with Gasteiger partial charge in [0, 0.05) is 5.57 Å². The number of aliphatic carboxylic acids is 1. The van der Waals surface area contributed by atoms with Crippen molar-refractivity contribution >= 4 is 28.7 Å². The van der Waals surface area contributed by atoms with Crippen LogP contribution < -0.4 is 0 Å². The number of carboxylic acid groups (broad SMARTS) is 1. The summed E-state index contributed by atoms with van der Waals surface area (Å²) in [6.45, 7) is 0. The normalized spacial score (nSPS) is 11.8. The fourth-order valence-corrected chi connectivity index (χ4v) is 2.16. The molecule has 23 heavy (non-hydrogen) atoms. The lowest BCUT2D eigenvalue weighted by atomic mass is 10.1. The molecule has 6 heteroatoms. The Hall–Kier alpha value is -3.02. The molecular weight excluding hydrogens is 304 g/mol. The van der Waals surface area contributed by atoms with Gasteiger partial charge in [0.2, 0.25) is 5.89 Å². The number of carbonyl (C=O) groups is 1. The fourth-order valence-electron chi connectivity index (χ4n) is 2.16. The molecule has 0 saturated heterocycles. The van der Waals surface area contributed by atoms with Gasteiger partial charge in [-0.1, -0.05) is 18.2 Å². The predicted octanol–water partition coefficient (Wildman–Crippen LogP) is 4.12. The van der Waals surface area contributed by atoms with E-state index in [2.05, 4.69) is 4.98 Å². The lowest BCUT2D eigenvalue weighted by Crippen LogP contribution is -1.97. The number of hydrogen-bond donors (Lipinski definition) is 1. The Bertz CT molecular complexity index is 882. The second kappa shape index (κ2) is 6.00. The first-order valence-corrected chi connectivity index (χ1v) is 6.76. The van der Waals surface area contributed by atoms with Crippen LogP contribution in [0.1, 0.15) is 17.9 Å². The molecule has 0 radical (unpaired) electrons. The molecule has 0 spiro atoms. The molecule has 0 amide bonds. The number of para-hydroxylation sites is 2. The summed E-state index contributed by atoms with van der Waals surface area (Å²) in [6.07, 6.45) is 1.06. The predicted molar refractivity (Wildman–Crippen MR) is 80.5 cm³/mol. The molecule has 0 atom stereocenters. The van der Waals surface area contributed by atoms with Crippen molar-refractivity contribution < 1.29 is 23.1 Å². The van der Waals surface area contributed by atoms with E-state index in [4.69, 9.17) is 9.52 Å². The van der Waals surface area contributed by atoms with Crippen molar-refractivity contribution in [2.24, 2.45) is 0 Å². The van der Waals surface area contributed by atoms with Crippen LogP contribution in [0.4, 0.5) is 8.78 Å². The van der Waals surface area contributed by atoms with Gasteiger partial charge in [-0.3, -0.25) is 4.79 Å². The second-order valence-electron chi connectivity index (χ2n) is 4.90. The Morgan fingerprint density at radius 2 is 1.96 bits per heavy atom. The van der Waals surface area contributed by atoms with Crippen molar-refractivity contribution in [1.82, 2.24) is 4.98 Å². The summed E-state index contributed by atoms with van der Waals surface area (Å²) in [4.78, 5) is 15.3. The van der Waals surface area contributed by atoms with Gasteiger partial charge in [0.1, 0.15) is 5.52 Å². The van der Waals surface area contributed by atoms with E-state index in [0.717, 1.165) is 12.1 Å². The monoisotopic (exact) mass is 315 g/mol. The molecule has 0 aliphatic rings. The van der Waals surface area contributed by atoms with Crippen LogP contribution >= 0.6 is 0 Å². The number of carboxylic acids is 1. The molecule has 1 heterocycles. The number of aromatic nitrogens is 1. The lowest BCUT2D eigenvalue weighted by Gasteiger charge is -2.01. The molecule has 1 N–H and O–H groups in total.